The standard InChI is InChI=1S/C20H42O.C12H26O4S.Na/c1-3-5-7-9-11-12-14-16-18-20(19-21)17-15-13-10-8-6-4-2;1-2-3-4-5-6-7-8-9-10-11-12-16-17(13,14)15;/h20-21H,3-19H2,1-2H3;2-12H2,1H3,(H,13,14,15);/q;;+1/p-1. The average Bonchev–Trinajstić information content (AvgIpc) is 2.89. The maximum atomic E-state index is 10.1. The first kappa shape index (κ1) is 44.3. The Morgan fingerprint density at radius 3 is 1.10 bits per heavy atom. The number of aliphatic hydroxyl groups excluding tert-OH is 1. The summed E-state index contributed by atoms with van der Waals surface area (Å²) in [5.74, 6) is 0.580. The fourth-order valence-electron chi connectivity index (χ4n) is 4.86. The van der Waals surface area contributed by atoms with Crippen LogP contribution < -0.4 is 29.6 Å². The Labute approximate surface area is 267 Å². The van der Waals surface area contributed by atoms with Gasteiger partial charge in [0.2, 0.25) is 10.4 Å². The SMILES string of the molecule is CCCCCCCCCCC(CO)CCCCCCCC.CCCCCCCCCCCCOS(=O)(=O)[O-].[Na+]. The van der Waals surface area contributed by atoms with Crippen LogP contribution in [0.2, 0.25) is 0 Å². The quantitative estimate of drug-likeness (QED) is 0.0431. The van der Waals surface area contributed by atoms with Crippen molar-refractivity contribution in [2.45, 2.75) is 188 Å². The van der Waals surface area contributed by atoms with E-state index < -0.39 is 10.4 Å². The first-order valence-electron chi connectivity index (χ1n) is 16.6. The minimum atomic E-state index is -4.48. The summed E-state index contributed by atoms with van der Waals surface area (Å²) in [5.41, 5.74) is 0. The summed E-state index contributed by atoms with van der Waals surface area (Å²) in [4.78, 5) is 0. The van der Waals surface area contributed by atoms with Crippen molar-refractivity contribution in [1.29, 1.82) is 0 Å². The van der Waals surface area contributed by atoms with Crippen molar-refractivity contribution in [2.24, 2.45) is 5.92 Å². The molecule has 0 heterocycles. The van der Waals surface area contributed by atoms with E-state index in [2.05, 4.69) is 25.0 Å². The molecule has 1 atom stereocenters. The van der Waals surface area contributed by atoms with E-state index in [1.807, 2.05) is 0 Å². The molecule has 0 aliphatic rings. The topological polar surface area (TPSA) is 86.7 Å². The number of aliphatic hydroxyl groups is 1. The van der Waals surface area contributed by atoms with Crippen LogP contribution in [0.3, 0.4) is 0 Å². The van der Waals surface area contributed by atoms with Crippen LogP contribution in [0, 0.1) is 5.92 Å². The minimum absolute atomic E-state index is 0. The van der Waals surface area contributed by atoms with E-state index in [9.17, 15) is 18.1 Å². The van der Waals surface area contributed by atoms with E-state index in [4.69, 9.17) is 0 Å². The van der Waals surface area contributed by atoms with Crippen LogP contribution in [0.25, 0.3) is 0 Å². The van der Waals surface area contributed by atoms with E-state index in [0.717, 1.165) is 12.8 Å². The van der Waals surface area contributed by atoms with Gasteiger partial charge in [0.1, 0.15) is 0 Å². The van der Waals surface area contributed by atoms with E-state index in [1.54, 1.807) is 0 Å². The first-order valence-corrected chi connectivity index (χ1v) is 18.0. The van der Waals surface area contributed by atoms with Gasteiger partial charge in [0.15, 0.2) is 0 Å². The van der Waals surface area contributed by atoms with Crippen molar-refractivity contribution in [3.8, 4) is 0 Å². The van der Waals surface area contributed by atoms with Crippen molar-refractivity contribution >= 4 is 10.4 Å². The van der Waals surface area contributed by atoms with Crippen LogP contribution in [0.1, 0.15) is 188 Å². The van der Waals surface area contributed by atoms with Crippen LogP contribution in [-0.4, -0.2) is 31.3 Å². The number of rotatable bonds is 29. The summed E-state index contributed by atoms with van der Waals surface area (Å²) in [6, 6.07) is 0. The molecule has 0 aliphatic heterocycles. The minimum Gasteiger partial charge on any atom is -0.726 e. The molecule has 1 unspecified atom stereocenters. The van der Waals surface area contributed by atoms with Crippen molar-refractivity contribution in [3.05, 3.63) is 0 Å². The van der Waals surface area contributed by atoms with E-state index in [0.29, 0.717) is 18.9 Å². The van der Waals surface area contributed by atoms with Crippen LogP contribution in [0.5, 0.6) is 0 Å². The van der Waals surface area contributed by atoms with Gasteiger partial charge >= 0.3 is 29.6 Å². The normalized spacial score (nSPS) is 12.0. The molecule has 0 fully saturated rings. The van der Waals surface area contributed by atoms with Gasteiger partial charge in [0.25, 0.3) is 0 Å². The monoisotopic (exact) mass is 586 g/mol. The molecule has 7 heteroatoms. The summed E-state index contributed by atoms with van der Waals surface area (Å²) in [5, 5.41) is 9.47. The molecule has 0 amide bonds. The Hall–Kier alpha value is 0.830. The Balaban J connectivity index is -0.000000662. The molecule has 0 aliphatic carbocycles. The predicted molar refractivity (Wildman–Crippen MR) is 163 cm³/mol. The maximum absolute atomic E-state index is 10.1. The molecule has 232 valence electrons. The van der Waals surface area contributed by atoms with Crippen molar-refractivity contribution < 1.29 is 51.8 Å². The third-order valence-electron chi connectivity index (χ3n) is 7.42. The third kappa shape index (κ3) is 43.4. The predicted octanol–water partition coefficient (Wildman–Crippen LogP) is 7.26. The molecule has 0 aromatic carbocycles. The zero-order valence-corrected chi connectivity index (χ0v) is 29.7. The Morgan fingerprint density at radius 2 is 0.821 bits per heavy atom. The van der Waals surface area contributed by atoms with Crippen molar-refractivity contribution in [1.82, 2.24) is 0 Å². The maximum Gasteiger partial charge on any atom is 1.00 e. The van der Waals surface area contributed by atoms with Gasteiger partial charge in [-0.3, -0.25) is 4.18 Å². The summed E-state index contributed by atoms with van der Waals surface area (Å²) < 4.78 is 34.5. The molecule has 0 rings (SSSR count). The van der Waals surface area contributed by atoms with E-state index >= 15 is 0 Å². The van der Waals surface area contributed by atoms with E-state index in [-0.39, 0.29) is 36.2 Å². The number of unbranched alkanes of at least 4 members (excludes halogenated alkanes) is 21. The number of hydrogen-bond donors (Lipinski definition) is 1. The molecule has 0 saturated carbocycles. The molecule has 0 aromatic heterocycles. The smallest absolute Gasteiger partial charge is 0.726 e. The molecule has 1 N–H and O–H groups in total. The van der Waals surface area contributed by atoms with Crippen LogP contribution in [0.15, 0.2) is 0 Å². The number of hydrogen-bond acceptors (Lipinski definition) is 5. The summed E-state index contributed by atoms with van der Waals surface area (Å²) in [7, 11) is -4.48. The summed E-state index contributed by atoms with van der Waals surface area (Å²) in [6.07, 6.45) is 33.5. The molecule has 0 aromatic rings. The molecular formula is C32H67NaO5S. The second-order valence-corrected chi connectivity index (χ2v) is 12.3. The Bertz CT molecular complexity index is 531. The van der Waals surface area contributed by atoms with Gasteiger partial charge in [0.05, 0.1) is 6.61 Å². The van der Waals surface area contributed by atoms with Crippen LogP contribution in [-0.2, 0) is 14.6 Å². The first-order chi connectivity index (χ1) is 18.4. The van der Waals surface area contributed by atoms with Gasteiger partial charge in [-0.2, -0.15) is 0 Å². The van der Waals surface area contributed by atoms with Gasteiger partial charge in [-0.05, 0) is 25.2 Å². The largest absolute Gasteiger partial charge is 1.00 e. The Kier molecular flexibility index (Phi) is 41.8. The second-order valence-electron chi connectivity index (χ2n) is 11.3. The third-order valence-corrected chi connectivity index (χ3v) is 7.87. The van der Waals surface area contributed by atoms with Crippen molar-refractivity contribution in [2.75, 3.05) is 13.2 Å². The fourth-order valence-corrected chi connectivity index (χ4v) is 5.18. The van der Waals surface area contributed by atoms with Crippen LogP contribution >= 0.6 is 0 Å². The molecule has 0 radical (unpaired) electrons. The van der Waals surface area contributed by atoms with Gasteiger partial charge in [-0.15, -0.1) is 0 Å². The molecule has 0 saturated heterocycles. The second kappa shape index (κ2) is 36.9. The van der Waals surface area contributed by atoms with E-state index in [1.165, 1.54) is 148 Å². The van der Waals surface area contributed by atoms with Gasteiger partial charge in [0, 0.05) is 6.61 Å². The summed E-state index contributed by atoms with van der Waals surface area (Å²) in [6.45, 7) is 7.20. The van der Waals surface area contributed by atoms with Crippen LogP contribution in [0.4, 0.5) is 0 Å². The van der Waals surface area contributed by atoms with Crippen molar-refractivity contribution in [3.63, 3.8) is 0 Å². The van der Waals surface area contributed by atoms with Gasteiger partial charge < -0.3 is 9.66 Å². The van der Waals surface area contributed by atoms with Gasteiger partial charge in [-0.25, -0.2) is 8.42 Å². The molecule has 39 heavy (non-hydrogen) atoms. The molecule has 0 spiro atoms. The molecule has 5 nitrogen and oxygen atoms in total. The Morgan fingerprint density at radius 1 is 0.538 bits per heavy atom. The molecular weight excluding hydrogens is 519 g/mol. The summed E-state index contributed by atoms with van der Waals surface area (Å²) >= 11 is 0. The molecule has 0 bridgehead atoms. The van der Waals surface area contributed by atoms with Gasteiger partial charge in [-0.1, -0.05) is 168 Å². The zero-order valence-electron chi connectivity index (χ0n) is 26.9. The zero-order chi connectivity index (χ0) is 28.6. The fraction of sp³-hybridized carbons (Fsp3) is 1.00. The average molecular weight is 587 g/mol.